The highest BCUT2D eigenvalue weighted by atomic mass is 32.1. The Morgan fingerprint density at radius 1 is 1.16 bits per heavy atom. The number of cyclic esters (lactones) is 1. The summed E-state index contributed by atoms with van der Waals surface area (Å²) in [6.45, 7) is 15.9. The van der Waals surface area contributed by atoms with Crippen molar-refractivity contribution in [3.8, 4) is 22.5 Å². The Morgan fingerprint density at radius 3 is 2.67 bits per heavy atom. The highest BCUT2D eigenvalue weighted by molar-refractivity contribution is 7.10. The summed E-state index contributed by atoms with van der Waals surface area (Å²) in [4.78, 5) is 55.0. The molecule has 3 aliphatic carbocycles. The Bertz CT molecular complexity index is 2410. The molecule has 7 aliphatic rings. The molecule has 4 aliphatic heterocycles. The predicted molar refractivity (Wildman–Crippen MR) is 235 cm³/mol. The molecule has 6 fully saturated rings. The maximum atomic E-state index is 14.5. The van der Waals surface area contributed by atoms with Crippen molar-refractivity contribution in [2.45, 2.75) is 116 Å². The van der Waals surface area contributed by atoms with E-state index in [0.717, 1.165) is 83.0 Å². The highest BCUT2D eigenvalue weighted by Gasteiger charge is 2.57. The summed E-state index contributed by atoms with van der Waals surface area (Å²) in [5.41, 5.74) is 11.6. The average Bonchev–Trinajstić information content (AvgIpc) is 3.98. The van der Waals surface area contributed by atoms with E-state index in [4.69, 9.17) is 19.4 Å². The van der Waals surface area contributed by atoms with Crippen LogP contribution in [0.2, 0.25) is 0 Å². The monoisotopic (exact) mass is 847 g/mol. The molecule has 61 heavy (non-hydrogen) atoms. The van der Waals surface area contributed by atoms with Crippen LogP contribution in [0.1, 0.15) is 95.2 Å². The number of hydrogen-bond acceptors (Lipinski definition) is 10. The van der Waals surface area contributed by atoms with Crippen molar-refractivity contribution in [2.75, 3.05) is 33.9 Å². The molecule has 2 amide bonds. The summed E-state index contributed by atoms with van der Waals surface area (Å²) in [5.74, 6) is 0.467. The molecule has 1 unspecified atom stereocenters. The van der Waals surface area contributed by atoms with E-state index in [2.05, 4.69) is 105 Å². The van der Waals surface area contributed by atoms with Crippen molar-refractivity contribution in [2.24, 2.45) is 35.0 Å². The Kier molecular flexibility index (Phi) is 10.0. The maximum absolute atomic E-state index is 14.5. The molecule has 11 rings (SSSR count). The number of aromatic nitrogens is 3. The van der Waals surface area contributed by atoms with Crippen molar-refractivity contribution >= 4 is 40.0 Å². The first kappa shape index (κ1) is 40.9. The number of carbonyl (C=O) groups is 3. The molecule has 0 radical (unpaired) electrons. The number of rotatable bonds is 7. The number of thiazole rings is 1. The molecule has 8 atom stereocenters. The number of nitrogens with one attached hydrogen (secondary N) is 2. The van der Waals surface area contributed by atoms with Gasteiger partial charge in [0.15, 0.2) is 0 Å². The number of pyridine rings is 1. The first-order chi connectivity index (χ1) is 29.2. The Hall–Kier alpha value is -4.17. The number of methoxy groups -OCH3 is 1. The molecule has 1 aromatic carbocycles. The third-order valence-corrected chi connectivity index (χ3v) is 16.5. The second-order valence-electron chi connectivity index (χ2n) is 20.2. The maximum Gasteiger partial charge on any atom is 0.325 e. The number of hydrogen-bond donors (Lipinski definition) is 2. The van der Waals surface area contributed by atoms with Gasteiger partial charge >= 0.3 is 5.97 Å². The number of amides is 2. The summed E-state index contributed by atoms with van der Waals surface area (Å²) in [6.07, 6.45) is 6.54. The molecule has 3 saturated heterocycles. The lowest BCUT2D eigenvalue weighted by atomic mass is 9.73. The Labute approximate surface area is 363 Å². The Morgan fingerprint density at radius 2 is 1.95 bits per heavy atom. The van der Waals surface area contributed by atoms with Gasteiger partial charge in [0.05, 0.1) is 34.8 Å². The van der Waals surface area contributed by atoms with Gasteiger partial charge in [-0.05, 0) is 113 Å². The number of aryl methyl sites for hydroxylation is 1. The number of esters is 1. The van der Waals surface area contributed by atoms with Crippen LogP contribution in [0.15, 0.2) is 35.8 Å². The molecule has 0 spiro atoms. The molecule has 324 valence electrons. The van der Waals surface area contributed by atoms with Crippen molar-refractivity contribution in [3.63, 3.8) is 0 Å². The van der Waals surface area contributed by atoms with Gasteiger partial charge in [0.25, 0.3) is 5.91 Å². The van der Waals surface area contributed by atoms with Gasteiger partial charge in [-0.15, -0.1) is 11.3 Å². The van der Waals surface area contributed by atoms with Crippen molar-refractivity contribution in [1.82, 2.24) is 35.2 Å². The minimum absolute atomic E-state index is 0.0386. The van der Waals surface area contributed by atoms with Crippen LogP contribution >= 0.6 is 11.3 Å². The van der Waals surface area contributed by atoms with E-state index in [1.807, 2.05) is 0 Å². The second kappa shape index (κ2) is 15.0. The van der Waals surface area contributed by atoms with Crippen LogP contribution in [0, 0.1) is 35.0 Å². The van der Waals surface area contributed by atoms with Crippen LogP contribution < -0.4 is 10.7 Å². The lowest BCUT2D eigenvalue weighted by Crippen LogP contribution is -2.71. The minimum atomic E-state index is -0.825. The third-order valence-electron chi connectivity index (χ3n) is 15.7. The lowest BCUT2D eigenvalue weighted by molar-refractivity contribution is -0.171. The normalized spacial score (nSPS) is 32.4. The van der Waals surface area contributed by atoms with E-state index in [1.54, 1.807) is 12.1 Å². The molecule has 2 N–H and O–H groups in total. The van der Waals surface area contributed by atoms with Gasteiger partial charge in [-0.1, -0.05) is 33.8 Å². The highest BCUT2D eigenvalue weighted by Crippen LogP contribution is 2.59. The zero-order valence-corrected chi connectivity index (χ0v) is 37.7. The van der Waals surface area contributed by atoms with Crippen LogP contribution in [0.3, 0.4) is 0 Å². The summed E-state index contributed by atoms with van der Waals surface area (Å²) in [7, 11) is 3.98. The lowest BCUT2D eigenvalue weighted by Gasteiger charge is -2.53. The van der Waals surface area contributed by atoms with E-state index in [-0.39, 0.29) is 72.0 Å². The van der Waals surface area contributed by atoms with Crippen LogP contribution in [-0.2, 0) is 48.7 Å². The minimum Gasteiger partial charge on any atom is -0.464 e. The van der Waals surface area contributed by atoms with Crippen LogP contribution in [0.25, 0.3) is 33.4 Å². The molecule has 7 heterocycles. The van der Waals surface area contributed by atoms with E-state index >= 15 is 0 Å². The summed E-state index contributed by atoms with van der Waals surface area (Å²) in [5, 5.41) is 8.72. The average molecular weight is 848 g/mol. The number of fused-ring (bicyclic) bond motifs is 5. The number of hydrazine groups is 1. The van der Waals surface area contributed by atoms with Crippen molar-refractivity contribution in [3.05, 3.63) is 57.7 Å². The smallest absolute Gasteiger partial charge is 0.325 e. The summed E-state index contributed by atoms with van der Waals surface area (Å²) >= 11 is 1.51. The van der Waals surface area contributed by atoms with Gasteiger partial charge in [-0.25, -0.2) is 10.4 Å². The van der Waals surface area contributed by atoms with Gasteiger partial charge in [0.1, 0.15) is 12.1 Å². The molecule has 4 aromatic rings. The molecule has 13 heteroatoms. The zero-order chi connectivity index (χ0) is 42.7. The van der Waals surface area contributed by atoms with Crippen molar-refractivity contribution < 1.29 is 23.9 Å². The molecular formula is C48H61N7O5S. The fourth-order valence-electron chi connectivity index (χ4n) is 11.4. The SMILES string of the molecule is CCn1c(-c2cc([C@@]34CCN(C)C[C@@H]3C4)cnc2[C@H](C)OC)c2c3cc(ccc31)-c1csc(n1)C[C@H](NC(=O)C1[C@@H](C)[C@H]1C)C(=O)N1N[C@H](C(=O)OCC(C)(C)C2)C2CC1C2. The zero-order valence-electron chi connectivity index (χ0n) is 36.9. The van der Waals surface area contributed by atoms with Gasteiger partial charge < -0.3 is 24.3 Å². The standard InChI is InChI=1S/C48H61N7O5S/c1-9-54-38-11-10-28-16-33(38)35(43(54)34-17-30(21-49-41(34)27(4)59-8)48-12-13-53(7)22-31(48)19-48)20-47(5,6)24-60-46(58)42-29-14-32(15-29)55(52-42)45(57)36(18-39-50-37(28)23-61-39)51-44(56)40-25(2)26(40)3/h10-11,16-17,21,23,25-27,29,31-32,36,40,42,52H,9,12-15,18-20,22,24H2,1-8H3,(H,51,56)/t25-,26+,27-,29?,31-,32?,36-,40?,42-,48-/m0/s1. The number of piperidine rings is 1. The molecule has 12 nitrogen and oxygen atoms in total. The van der Waals surface area contributed by atoms with Crippen LogP contribution in [0.5, 0.6) is 0 Å². The number of carbonyl (C=O) groups excluding carboxylic acids is 3. The van der Waals surface area contributed by atoms with Crippen LogP contribution in [-0.4, -0.2) is 94.2 Å². The fraction of sp³-hybridized carbons (Fsp3) is 0.604. The van der Waals surface area contributed by atoms with E-state index in [1.165, 1.54) is 28.9 Å². The van der Waals surface area contributed by atoms with E-state index < -0.39 is 17.5 Å². The predicted octanol–water partition coefficient (Wildman–Crippen LogP) is 6.70. The third kappa shape index (κ3) is 6.93. The molecule has 3 saturated carbocycles. The van der Waals surface area contributed by atoms with Gasteiger partial charge in [-0.2, -0.15) is 0 Å². The Balaban J connectivity index is 1.10. The first-order valence-corrected chi connectivity index (χ1v) is 23.5. The number of likely N-dealkylation sites (tertiary alicyclic amines) is 1. The molecule has 8 bridgehead atoms. The van der Waals surface area contributed by atoms with E-state index in [0.29, 0.717) is 12.3 Å². The van der Waals surface area contributed by atoms with Gasteiger partial charge in [-0.3, -0.25) is 24.4 Å². The largest absolute Gasteiger partial charge is 0.464 e. The quantitative estimate of drug-likeness (QED) is 0.195. The fourth-order valence-corrected chi connectivity index (χ4v) is 12.2. The summed E-state index contributed by atoms with van der Waals surface area (Å²) < 4.78 is 14.7. The first-order valence-electron chi connectivity index (χ1n) is 22.6. The van der Waals surface area contributed by atoms with Crippen LogP contribution in [0.4, 0.5) is 0 Å². The number of benzene rings is 1. The van der Waals surface area contributed by atoms with Crippen molar-refractivity contribution in [1.29, 1.82) is 0 Å². The van der Waals surface area contributed by atoms with Gasteiger partial charge in [0.2, 0.25) is 5.91 Å². The topological polar surface area (TPSA) is 131 Å². The summed E-state index contributed by atoms with van der Waals surface area (Å²) in [6, 6.07) is 7.55. The molecular weight excluding hydrogens is 787 g/mol. The number of nitrogens with zero attached hydrogens (tertiary/aromatic N) is 5. The number of ether oxygens (including phenoxy) is 2. The second-order valence-corrected chi connectivity index (χ2v) is 21.1. The molecule has 3 aromatic heterocycles. The van der Waals surface area contributed by atoms with Gasteiger partial charge in [0, 0.05) is 83.0 Å². The van der Waals surface area contributed by atoms with E-state index in [9.17, 15) is 14.4 Å².